The van der Waals surface area contributed by atoms with Crippen molar-refractivity contribution < 1.29 is 0 Å². The molecule has 1 aromatic heterocycles. The first-order valence-electron chi connectivity index (χ1n) is 6.99. The molecule has 0 spiro atoms. The van der Waals surface area contributed by atoms with Gasteiger partial charge in [0.25, 0.3) is 0 Å². The Kier molecular flexibility index (Phi) is 6.02. The summed E-state index contributed by atoms with van der Waals surface area (Å²) < 4.78 is 0. The summed E-state index contributed by atoms with van der Waals surface area (Å²) in [7, 11) is 2.18. The van der Waals surface area contributed by atoms with Gasteiger partial charge in [-0.2, -0.15) is 0 Å². The highest BCUT2D eigenvalue weighted by Crippen LogP contribution is 2.26. The number of aromatic nitrogens is 1. The van der Waals surface area contributed by atoms with Crippen LogP contribution in [0.3, 0.4) is 0 Å². The maximum absolute atomic E-state index is 5.84. The van der Waals surface area contributed by atoms with Crippen LogP contribution in [-0.4, -0.2) is 23.5 Å². The van der Waals surface area contributed by atoms with Crippen LogP contribution < -0.4 is 0 Å². The second-order valence-electron chi connectivity index (χ2n) is 4.95. The molecule has 1 aromatic carbocycles. The Morgan fingerprint density at radius 1 is 1.30 bits per heavy atom. The molecular weight excluding hydrogens is 288 g/mol. The van der Waals surface area contributed by atoms with E-state index in [2.05, 4.69) is 59.6 Å². The van der Waals surface area contributed by atoms with E-state index in [1.165, 1.54) is 10.6 Å². The maximum Gasteiger partial charge on any atom is 0.110 e. The number of nitrogens with zero attached hydrogens (tertiary/aromatic N) is 2. The second-order valence-corrected chi connectivity index (χ2v) is 6.11. The van der Waals surface area contributed by atoms with Crippen LogP contribution in [0.4, 0.5) is 0 Å². The molecule has 0 amide bonds. The highest BCUT2D eigenvalue weighted by atomic mass is 35.5. The zero-order chi connectivity index (χ0) is 14.4. The van der Waals surface area contributed by atoms with E-state index in [0.717, 1.165) is 25.1 Å². The number of thiazole rings is 1. The minimum Gasteiger partial charge on any atom is -0.297 e. The van der Waals surface area contributed by atoms with Crippen molar-refractivity contribution in [2.45, 2.75) is 31.7 Å². The normalized spacial score (nSPS) is 12.8. The van der Waals surface area contributed by atoms with Gasteiger partial charge in [0, 0.05) is 11.9 Å². The van der Waals surface area contributed by atoms with Gasteiger partial charge in [0.1, 0.15) is 5.01 Å². The van der Waals surface area contributed by atoms with Gasteiger partial charge >= 0.3 is 0 Å². The predicted octanol–water partition coefficient (Wildman–Crippen LogP) is 4.51. The van der Waals surface area contributed by atoms with Crippen molar-refractivity contribution in [3.05, 3.63) is 52.0 Å². The van der Waals surface area contributed by atoms with Crippen LogP contribution in [0, 0.1) is 0 Å². The Hall–Kier alpha value is -0.900. The van der Waals surface area contributed by atoms with E-state index >= 15 is 0 Å². The van der Waals surface area contributed by atoms with Crippen LogP contribution in [0.1, 0.15) is 35.7 Å². The third kappa shape index (κ3) is 4.05. The summed E-state index contributed by atoms with van der Waals surface area (Å²) in [6, 6.07) is 11.0. The van der Waals surface area contributed by atoms with Crippen molar-refractivity contribution in [1.82, 2.24) is 9.88 Å². The first-order valence-corrected chi connectivity index (χ1v) is 8.40. The van der Waals surface area contributed by atoms with Crippen molar-refractivity contribution in [1.29, 1.82) is 0 Å². The van der Waals surface area contributed by atoms with Crippen molar-refractivity contribution in [3.63, 3.8) is 0 Å². The van der Waals surface area contributed by atoms with Gasteiger partial charge in [0.15, 0.2) is 0 Å². The lowest BCUT2D eigenvalue weighted by Crippen LogP contribution is -2.26. The van der Waals surface area contributed by atoms with Gasteiger partial charge in [-0.1, -0.05) is 37.3 Å². The highest BCUT2D eigenvalue weighted by molar-refractivity contribution is 7.09. The molecule has 0 N–H and O–H groups in total. The lowest BCUT2D eigenvalue weighted by molar-refractivity contribution is 0.241. The average Bonchev–Trinajstić information content (AvgIpc) is 2.96. The van der Waals surface area contributed by atoms with Gasteiger partial charge in [-0.15, -0.1) is 22.9 Å². The predicted molar refractivity (Wildman–Crippen MR) is 87.5 cm³/mol. The molecule has 0 radical (unpaired) electrons. The molecule has 0 fully saturated rings. The Morgan fingerprint density at radius 3 is 2.65 bits per heavy atom. The number of rotatable bonds is 7. The lowest BCUT2D eigenvalue weighted by atomic mass is 10.1. The van der Waals surface area contributed by atoms with Gasteiger partial charge in [-0.25, -0.2) is 4.98 Å². The van der Waals surface area contributed by atoms with Gasteiger partial charge in [-0.05, 0) is 25.5 Å². The Bertz CT molecular complexity index is 512. The molecule has 0 aliphatic rings. The van der Waals surface area contributed by atoms with E-state index in [0.29, 0.717) is 11.9 Å². The monoisotopic (exact) mass is 308 g/mol. The van der Waals surface area contributed by atoms with Crippen molar-refractivity contribution in [3.8, 4) is 0 Å². The third-order valence-corrected chi connectivity index (χ3v) is 4.77. The van der Waals surface area contributed by atoms with Gasteiger partial charge < -0.3 is 0 Å². The smallest absolute Gasteiger partial charge is 0.110 e. The van der Waals surface area contributed by atoms with E-state index in [-0.39, 0.29) is 0 Å². The largest absolute Gasteiger partial charge is 0.297 e. The molecule has 0 aliphatic heterocycles. The van der Waals surface area contributed by atoms with Crippen molar-refractivity contribution in [2.24, 2.45) is 0 Å². The Labute approximate surface area is 130 Å². The van der Waals surface area contributed by atoms with E-state index in [1.807, 2.05) is 0 Å². The molecule has 0 saturated heterocycles. The molecule has 0 aliphatic carbocycles. The summed E-state index contributed by atoms with van der Waals surface area (Å²) in [5.74, 6) is 0.501. The molecule has 20 heavy (non-hydrogen) atoms. The summed E-state index contributed by atoms with van der Waals surface area (Å²) in [5.41, 5.74) is 2.37. The molecule has 0 saturated carbocycles. The van der Waals surface area contributed by atoms with E-state index in [4.69, 9.17) is 11.6 Å². The summed E-state index contributed by atoms with van der Waals surface area (Å²) in [6.07, 6.45) is 2.14. The second kappa shape index (κ2) is 7.77. The summed E-state index contributed by atoms with van der Waals surface area (Å²) in [6.45, 7) is 3.25. The molecule has 1 unspecified atom stereocenters. The highest BCUT2D eigenvalue weighted by Gasteiger charge is 2.18. The number of alkyl halides is 1. The fourth-order valence-electron chi connectivity index (χ4n) is 2.32. The molecule has 1 heterocycles. The summed E-state index contributed by atoms with van der Waals surface area (Å²) in [4.78, 5) is 7.01. The first kappa shape index (κ1) is 15.5. The quantitative estimate of drug-likeness (QED) is 0.700. The molecule has 2 aromatic rings. The van der Waals surface area contributed by atoms with Crippen LogP contribution >= 0.6 is 22.9 Å². The summed E-state index contributed by atoms with van der Waals surface area (Å²) >= 11 is 7.56. The molecule has 0 bridgehead atoms. The molecule has 1 atom stereocenters. The zero-order valence-corrected chi connectivity index (χ0v) is 13.6. The van der Waals surface area contributed by atoms with Crippen molar-refractivity contribution >= 4 is 22.9 Å². The number of hydrogen-bond donors (Lipinski definition) is 0. The number of halogens is 1. The number of benzene rings is 1. The fraction of sp³-hybridized carbons (Fsp3) is 0.438. The van der Waals surface area contributed by atoms with Gasteiger partial charge in [0.05, 0.1) is 17.6 Å². The molecule has 108 valence electrons. The minimum absolute atomic E-state index is 0.390. The van der Waals surface area contributed by atoms with E-state index in [9.17, 15) is 0 Å². The first-order chi connectivity index (χ1) is 9.74. The van der Waals surface area contributed by atoms with E-state index in [1.54, 1.807) is 11.3 Å². The Morgan fingerprint density at radius 2 is 2.05 bits per heavy atom. The van der Waals surface area contributed by atoms with Crippen LogP contribution in [0.2, 0.25) is 0 Å². The Balaban J connectivity index is 1.96. The molecular formula is C16H21ClN2S. The minimum atomic E-state index is 0.390. The lowest BCUT2D eigenvalue weighted by Gasteiger charge is -2.25. The van der Waals surface area contributed by atoms with Gasteiger partial charge in [0.2, 0.25) is 0 Å². The summed E-state index contributed by atoms with van der Waals surface area (Å²) in [5, 5.41) is 3.24. The molecule has 2 nitrogen and oxygen atoms in total. The van der Waals surface area contributed by atoms with Gasteiger partial charge in [-0.3, -0.25) is 4.90 Å². The molecule has 2 rings (SSSR count). The van der Waals surface area contributed by atoms with Crippen LogP contribution in [0.25, 0.3) is 0 Å². The topological polar surface area (TPSA) is 16.1 Å². The third-order valence-electron chi connectivity index (χ3n) is 3.51. The SMILES string of the molecule is CCC(c1nc(CCl)cs1)N(C)CCc1ccccc1. The number of hydrogen-bond acceptors (Lipinski definition) is 3. The van der Waals surface area contributed by atoms with Crippen LogP contribution in [0.15, 0.2) is 35.7 Å². The van der Waals surface area contributed by atoms with Crippen molar-refractivity contribution in [2.75, 3.05) is 13.6 Å². The fourth-order valence-corrected chi connectivity index (χ4v) is 3.61. The van der Waals surface area contributed by atoms with Crippen LogP contribution in [0.5, 0.6) is 0 Å². The standard InChI is InChI=1S/C16H21ClN2S/c1-3-15(16-18-14(11-17)12-20-16)19(2)10-9-13-7-5-4-6-8-13/h4-8,12,15H,3,9-11H2,1-2H3. The van der Waals surface area contributed by atoms with Crippen LogP contribution in [-0.2, 0) is 12.3 Å². The zero-order valence-electron chi connectivity index (χ0n) is 12.1. The average molecular weight is 309 g/mol. The number of likely N-dealkylation sites (N-methyl/N-ethyl adjacent to an activating group) is 1. The van der Waals surface area contributed by atoms with E-state index < -0.39 is 0 Å². The maximum atomic E-state index is 5.84. The molecule has 4 heteroatoms.